The van der Waals surface area contributed by atoms with Crippen LogP contribution in [0.5, 0.6) is 0 Å². The highest BCUT2D eigenvalue weighted by Crippen LogP contribution is 2.21. The van der Waals surface area contributed by atoms with Crippen LogP contribution < -0.4 is 0 Å². The Morgan fingerprint density at radius 1 is 1.05 bits per heavy atom. The Morgan fingerprint density at radius 2 is 1.73 bits per heavy atom. The van der Waals surface area contributed by atoms with Crippen molar-refractivity contribution < 1.29 is 9.72 Å². The van der Waals surface area contributed by atoms with Gasteiger partial charge in [0.2, 0.25) is 0 Å². The molecule has 0 bridgehead atoms. The highest BCUT2D eigenvalue weighted by Gasteiger charge is 2.23. The number of Topliss-reactive ketones (excluding diaryl/α,β-unsaturated/α-hetero) is 1. The van der Waals surface area contributed by atoms with E-state index in [9.17, 15) is 14.9 Å². The molecule has 2 aromatic carbocycles. The summed E-state index contributed by atoms with van der Waals surface area (Å²) in [6.07, 6.45) is 2.97. The molecule has 3 aromatic rings. The van der Waals surface area contributed by atoms with Crippen molar-refractivity contribution in [1.29, 1.82) is 0 Å². The fraction of sp³-hybridized carbons (Fsp3) is 0. The molecule has 0 unspecified atom stereocenters. The zero-order valence-corrected chi connectivity index (χ0v) is 11.5. The molecule has 5 nitrogen and oxygen atoms in total. The third-order valence-electron chi connectivity index (χ3n) is 3.38. The molecule has 1 heterocycles. The van der Waals surface area contributed by atoms with Crippen LogP contribution in [0.25, 0.3) is 17.0 Å². The van der Waals surface area contributed by atoms with Crippen molar-refractivity contribution in [3.8, 4) is 0 Å². The standard InChI is InChI=1S/C17H12N2O3/c20-17(12-6-2-1-3-7-12)16(19(21)22)10-13-11-18-15-9-5-4-8-14(13)15/h1-11,18H/b16-10-. The number of aromatic amines is 1. The van der Waals surface area contributed by atoms with Crippen LogP contribution in [-0.4, -0.2) is 15.7 Å². The molecule has 22 heavy (non-hydrogen) atoms. The fourth-order valence-corrected chi connectivity index (χ4v) is 2.30. The summed E-state index contributed by atoms with van der Waals surface area (Å²) in [5.74, 6) is -0.601. The predicted molar refractivity (Wildman–Crippen MR) is 84.0 cm³/mol. The van der Waals surface area contributed by atoms with Crippen LogP contribution in [0, 0.1) is 10.1 Å². The second-order valence-corrected chi connectivity index (χ2v) is 4.77. The third-order valence-corrected chi connectivity index (χ3v) is 3.38. The number of allylic oxidation sites excluding steroid dienone is 1. The largest absolute Gasteiger partial charge is 0.361 e. The lowest BCUT2D eigenvalue weighted by Gasteiger charge is -1.99. The lowest BCUT2D eigenvalue weighted by atomic mass is 10.1. The molecule has 5 heteroatoms. The number of hydrogen-bond donors (Lipinski definition) is 1. The van der Waals surface area contributed by atoms with Crippen molar-refractivity contribution in [2.24, 2.45) is 0 Å². The quantitative estimate of drug-likeness (QED) is 0.345. The Hall–Kier alpha value is -3.21. The maximum atomic E-state index is 12.3. The summed E-state index contributed by atoms with van der Waals surface area (Å²) < 4.78 is 0. The number of hydrogen-bond acceptors (Lipinski definition) is 3. The molecular formula is C17H12N2O3. The number of carbonyl (C=O) groups is 1. The molecule has 0 aliphatic rings. The van der Waals surface area contributed by atoms with Gasteiger partial charge in [-0.25, -0.2) is 0 Å². The topological polar surface area (TPSA) is 76.0 Å². The van der Waals surface area contributed by atoms with Crippen LogP contribution in [0.3, 0.4) is 0 Å². The number of aromatic nitrogens is 1. The summed E-state index contributed by atoms with van der Waals surface area (Å²) in [5.41, 5.74) is 1.33. The minimum absolute atomic E-state index is 0.297. The zero-order chi connectivity index (χ0) is 15.5. The maximum absolute atomic E-state index is 12.3. The minimum atomic E-state index is -0.642. The van der Waals surface area contributed by atoms with Crippen molar-refractivity contribution in [1.82, 2.24) is 4.98 Å². The van der Waals surface area contributed by atoms with Crippen LogP contribution in [0.15, 0.2) is 66.5 Å². The highest BCUT2D eigenvalue weighted by atomic mass is 16.6. The lowest BCUT2D eigenvalue weighted by Crippen LogP contribution is -2.11. The number of H-pyrrole nitrogens is 1. The number of nitrogens with zero attached hydrogens (tertiary/aromatic N) is 1. The van der Waals surface area contributed by atoms with Gasteiger partial charge < -0.3 is 4.98 Å². The zero-order valence-electron chi connectivity index (χ0n) is 11.5. The molecule has 0 amide bonds. The Labute approximate surface area is 126 Å². The number of para-hydroxylation sites is 1. The van der Waals surface area contributed by atoms with E-state index < -0.39 is 16.4 Å². The van der Waals surface area contributed by atoms with E-state index in [4.69, 9.17) is 0 Å². The van der Waals surface area contributed by atoms with Gasteiger partial charge in [-0.2, -0.15) is 0 Å². The molecule has 1 aromatic heterocycles. The molecule has 0 atom stereocenters. The second-order valence-electron chi connectivity index (χ2n) is 4.77. The third kappa shape index (κ3) is 2.52. The monoisotopic (exact) mass is 292 g/mol. The number of fused-ring (bicyclic) bond motifs is 1. The summed E-state index contributed by atoms with van der Waals surface area (Å²) in [4.78, 5) is 26.0. The van der Waals surface area contributed by atoms with Crippen LogP contribution in [0.4, 0.5) is 0 Å². The van der Waals surface area contributed by atoms with E-state index in [0.717, 1.165) is 10.9 Å². The summed E-state index contributed by atoms with van der Waals surface area (Å²) in [7, 11) is 0. The van der Waals surface area contributed by atoms with Gasteiger partial charge in [0.15, 0.2) is 0 Å². The van der Waals surface area contributed by atoms with E-state index in [1.165, 1.54) is 6.08 Å². The summed E-state index contributed by atoms with van der Waals surface area (Å²) >= 11 is 0. The van der Waals surface area contributed by atoms with E-state index in [-0.39, 0.29) is 0 Å². The van der Waals surface area contributed by atoms with Crippen molar-refractivity contribution in [2.45, 2.75) is 0 Å². The first-order chi connectivity index (χ1) is 10.7. The number of benzene rings is 2. The molecule has 0 spiro atoms. The fourth-order valence-electron chi connectivity index (χ4n) is 2.30. The van der Waals surface area contributed by atoms with Crippen LogP contribution in [-0.2, 0) is 0 Å². The molecule has 108 valence electrons. The van der Waals surface area contributed by atoms with Gasteiger partial charge in [0.05, 0.1) is 4.92 Å². The van der Waals surface area contributed by atoms with E-state index in [2.05, 4.69) is 4.98 Å². The molecular weight excluding hydrogens is 280 g/mol. The number of ketones is 1. The first kappa shape index (κ1) is 13.8. The summed E-state index contributed by atoms with van der Waals surface area (Å²) in [6, 6.07) is 15.7. The van der Waals surface area contributed by atoms with Gasteiger partial charge in [0, 0.05) is 34.3 Å². The molecule has 0 aliphatic carbocycles. The molecule has 1 N–H and O–H groups in total. The van der Waals surface area contributed by atoms with Gasteiger partial charge in [-0.1, -0.05) is 48.5 Å². The minimum Gasteiger partial charge on any atom is -0.361 e. The van der Waals surface area contributed by atoms with Crippen LogP contribution in [0.1, 0.15) is 15.9 Å². The number of carbonyl (C=O) groups excluding carboxylic acids is 1. The average Bonchev–Trinajstić information content (AvgIpc) is 2.95. The van der Waals surface area contributed by atoms with Crippen LogP contribution >= 0.6 is 0 Å². The normalized spacial score (nSPS) is 11.5. The van der Waals surface area contributed by atoms with Gasteiger partial charge in [0.25, 0.3) is 5.78 Å². The lowest BCUT2D eigenvalue weighted by molar-refractivity contribution is -0.415. The maximum Gasteiger partial charge on any atom is 0.317 e. The Bertz CT molecular complexity index is 879. The summed E-state index contributed by atoms with van der Waals surface area (Å²) in [5, 5.41) is 12.1. The van der Waals surface area contributed by atoms with Gasteiger partial charge in [-0.3, -0.25) is 14.9 Å². The molecule has 0 radical (unpaired) electrons. The highest BCUT2D eigenvalue weighted by molar-refractivity contribution is 6.10. The molecule has 0 fully saturated rings. The van der Waals surface area contributed by atoms with Gasteiger partial charge in [-0.05, 0) is 6.07 Å². The van der Waals surface area contributed by atoms with Gasteiger partial charge in [0.1, 0.15) is 0 Å². The Morgan fingerprint density at radius 3 is 2.45 bits per heavy atom. The predicted octanol–water partition coefficient (Wildman–Crippen LogP) is 3.67. The van der Waals surface area contributed by atoms with E-state index in [1.807, 2.05) is 24.3 Å². The van der Waals surface area contributed by atoms with E-state index in [1.54, 1.807) is 36.5 Å². The average molecular weight is 292 g/mol. The van der Waals surface area contributed by atoms with Crippen molar-refractivity contribution in [3.63, 3.8) is 0 Å². The Balaban J connectivity index is 2.08. The van der Waals surface area contributed by atoms with Crippen molar-refractivity contribution in [2.75, 3.05) is 0 Å². The molecule has 3 rings (SSSR count). The van der Waals surface area contributed by atoms with Gasteiger partial charge in [-0.15, -0.1) is 0 Å². The number of rotatable bonds is 4. The van der Waals surface area contributed by atoms with Crippen molar-refractivity contribution >= 4 is 22.8 Å². The van der Waals surface area contributed by atoms with E-state index >= 15 is 0 Å². The first-order valence-electron chi connectivity index (χ1n) is 6.69. The van der Waals surface area contributed by atoms with Crippen LogP contribution in [0.2, 0.25) is 0 Å². The second kappa shape index (κ2) is 5.65. The van der Waals surface area contributed by atoms with Crippen molar-refractivity contribution in [3.05, 3.63) is 87.7 Å². The molecule has 0 saturated heterocycles. The number of nitrogens with one attached hydrogen (secondary N) is 1. The summed E-state index contributed by atoms with van der Waals surface area (Å²) in [6.45, 7) is 0. The SMILES string of the molecule is O=C(/C(=C/c1c[nH]c2ccccc12)[N+](=O)[O-])c1ccccc1. The van der Waals surface area contributed by atoms with Gasteiger partial charge >= 0.3 is 5.70 Å². The Kier molecular flexibility index (Phi) is 3.53. The van der Waals surface area contributed by atoms with E-state index in [0.29, 0.717) is 11.1 Å². The number of nitro groups is 1. The smallest absolute Gasteiger partial charge is 0.317 e. The molecule has 0 saturated carbocycles. The molecule has 0 aliphatic heterocycles. The first-order valence-corrected chi connectivity index (χ1v) is 6.69.